The van der Waals surface area contributed by atoms with Crippen LogP contribution >= 0.6 is 0 Å². The number of rotatable bonds is 3. The average Bonchev–Trinajstić information content (AvgIpc) is 3.29. The van der Waals surface area contributed by atoms with Gasteiger partial charge in [-0.05, 0) is 24.0 Å². The second-order valence-corrected chi connectivity index (χ2v) is 7.20. The number of aryl methyl sites for hydroxylation is 2. The molecular formula is C20H26N6O. The van der Waals surface area contributed by atoms with Gasteiger partial charge in [0.05, 0.1) is 11.9 Å². The van der Waals surface area contributed by atoms with Crippen LogP contribution in [0.15, 0.2) is 41.7 Å². The maximum Gasteiger partial charge on any atom is 0.246 e. The molecule has 1 aromatic carbocycles. The quantitative estimate of drug-likeness (QED) is 0.658. The van der Waals surface area contributed by atoms with E-state index >= 15 is 0 Å². The molecule has 1 unspecified atom stereocenters. The zero-order valence-corrected chi connectivity index (χ0v) is 15.9. The highest BCUT2D eigenvalue weighted by atomic mass is 16.2. The van der Waals surface area contributed by atoms with Crippen molar-refractivity contribution in [3.8, 4) is 0 Å². The predicted octanol–water partition coefficient (Wildman–Crippen LogP) is 1.37. The van der Waals surface area contributed by atoms with Gasteiger partial charge in [0.25, 0.3) is 0 Å². The summed E-state index contributed by atoms with van der Waals surface area (Å²) in [5, 5.41) is 7.65. The van der Waals surface area contributed by atoms with Gasteiger partial charge in [0.2, 0.25) is 5.91 Å². The Labute approximate surface area is 159 Å². The van der Waals surface area contributed by atoms with Crippen molar-refractivity contribution in [3.05, 3.63) is 47.8 Å². The fraction of sp³-hybridized carbons (Fsp3) is 0.450. The number of carbonyl (C=O) groups excluding carboxylic acids is 1. The molecule has 2 heterocycles. The number of nitrogens with zero attached hydrogens (tertiary/aromatic N) is 5. The monoisotopic (exact) mass is 366 g/mol. The lowest BCUT2D eigenvalue weighted by Gasteiger charge is -2.35. The molecule has 0 radical (unpaired) electrons. The van der Waals surface area contributed by atoms with E-state index in [9.17, 15) is 4.79 Å². The smallest absolute Gasteiger partial charge is 0.246 e. The average molecular weight is 366 g/mol. The standard InChI is InChI=1S/C20H26N6O/c1-21-20(22-11-16-8-7-15-5-3-4-6-18(15)16)25-9-10-26(19(27)14-25)17-12-23-24(2)13-17/h3-6,12-13,16H,7-11,14H2,1-2H3,(H,21,22). The summed E-state index contributed by atoms with van der Waals surface area (Å²) >= 11 is 0. The summed E-state index contributed by atoms with van der Waals surface area (Å²) in [6.45, 7) is 2.57. The minimum Gasteiger partial charge on any atom is -0.356 e. The molecular weight excluding hydrogens is 340 g/mol. The van der Waals surface area contributed by atoms with Crippen LogP contribution in [0.2, 0.25) is 0 Å². The summed E-state index contributed by atoms with van der Waals surface area (Å²) in [5.74, 6) is 1.38. The Hall–Kier alpha value is -2.83. The fourth-order valence-electron chi connectivity index (χ4n) is 4.08. The normalized spacial score (nSPS) is 20.1. The number of piperazine rings is 1. The van der Waals surface area contributed by atoms with Crippen LogP contribution in [-0.2, 0) is 18.3 Å². The van der Waals surface area contributed by atoms with Gasteiger partial charge in [-0.2, -0.15) is 5.10 Å². The van der Waals surface area contributed by atoms with Crippen molar-refractivity contribution in [1.82, 2.24) is 20.0 Å². The van der Waals surface area contributed by atoms with Gasteiger partial charge in [-0.3, -0.25) is 14.5 Å². The number of carbonyl (C=O) groups is 1. The van der Waals surface area contributed by atoms with Crippen molar-refractivity contribution in [1.29, 1.82) is 0 Å². The molecule has 4 rings (SSSR count). The molecule has 1 aliphatic heterocycles. The molecule has 7 nitrogen and oxygen atoms in total. The maximum absolute atomic E-state index is 12.6. The third-order valence-corrected chi connectivity index (χ3v) is 5.50. The minimum atomic E-state index is 0.0726. The lowest BCUT2D eigenvalue weighted by Crippen LogP contribution is -2.55. The van der Waals surface area contributed by atoms with Crippen LogP contribution in [0.25, 0.3) is 0 Å². The fourth-order valence-corrected chi connectivity index (χ4v) is 4.08. The van der Waals surface area contributed by atoms with Crippen molar-refractivity contribution in [3.63, 3.8) is 0 Å². The number of anilines is 1. The summed E-state index contributed by atoms with van der Waals surface area (Å²) in [5.41, 5.74) is 3.75. The highest BCUT2D eigenvalue weighted by molar-refractivity contribution is 5.98. The van der Waals surface area contributed by atoms with Gasteiger partial charge in [0.15, 0.2) is 5.96 Å². The molecule has 1 amide bonds. The molecule has 1 saturated heterocycles. The van der Waals surface area contributed by atoms with Crippen molar-refractivity contribution in [2.24, 2.45) is 12.0 Å². The van der Waals surface area contributed by atoms with Crippen LogP contribution < -0.4 is 10.2 Å². The largest absolute Gasteiger partial charge is 0.356 e. The van der Waals surface area contributed by atoms with Gasteiger partial charge in [-0.15, -0.1) is 0 Å². The summed E-state index contributed by atoms with van der Waals surface area (Å²) < 4.78 is 1.72. The molecule has 7 heteroatoms. The Kier molecular flexibility index (Phi) is 4.83. The van der Waals surface area contributed by atoms with Gasteiger partial charge in [-0.1, -0.05) is 24.3 Å². The van der Waals surface area contributed by atoms with E-state index in [-0.39, 0.29) is 5.91 Å². The van der Waals surface area contributed by atoms with Crippen LogP contribution in [0.3, 0.4) is 0 Å². The van der Waals surface area contributed by atoms with E-state index in [4.69, 9.17) is 0 Å². The van der Waals surface area contributed by atoms with Crippen LogP contribution in [-0.4, -0.2) is 59.8 Å². The third-order valence-electron chi connectivity index (χ3n) is 5.50. The van der Waals surface area contributed by atoms with Crippen LogP contribution in [0, 0.1) is 0 Å². The van der Waals surface area contributed by atoms with Crippen molar-refractivity contribution < 1.29 is 4.79 Å². The number of fused-ring (bicyclic) bond motifs is 1. The van der Waals surface area contributed by atoms with Crippen LogP contribution in [0.4, 0.5) is 5.69 Å². The number of guanidine groups is 1. The number of aromatic nitrogens is 2. The van der Waals surface area contributed by atoms with E-state index in [1.807, 2.05) is 18.1 Å². The number of benzene rings is 1. The zero-order chi connectivity index (χ0) is 18.8. The Morgan fingerprint density at radius 3 is 2.93 bits per heavy atom. The number of hydrogen-bond donors (Lipinski definition) is 1. The van der Waals surface area contributed by atoms with E-state index in [1.165, 1.54) is 11.1 Å². The predicted molar refractivity (Wildman–Crippen MR) is 106 cm³/mol. The van der Waals surface area contributed by atoms with Gasteiger partial charge < -0.3 is 15.1 Å². The van der Waals surface area contributed by atoms with Crippen LogP contribution in [0.5, 0.6) is 0 Å². The topological polar surface area (TPSA) is 65.8 Å². The lowest BCUT2D eigenvalue weighted by atomic mass is 10.0. The van der Waals surface area contributed by atoms with Gasteiger partial charge >= 0.3 is 0 Å². The summed E-state index contributed by atoms with van der Waals surface area (Å²) in [4.78, 5) is 20.9. The molecule has 1 fully saturated rings. The number of nitrogens with one attached hydrogen (secondary N) is 1. The van der Waals surface area contributed by atoms with Crippen molar-refractivity contribution in [2.45, 2.75) is 18.8 Å². The Balaban J connectivity index is 1.36. The zero-order valence-electron chi connectivity index (χ0n) is 15.9. The second kappa shape index (κ2) is 7.42. The molecule has 142 valence electrons. The Bertz CT molecular complexity index is 858. The molecule has 1 aromatic heterocycles. The maximum atomic E-state index is 12.6. The first-order valence-electron chi connectivity index (χ1n) is 9.48. The van der Waals surface area contributed by atoms with Gasteiger partial charge in [0, 0.05) is 45.8 Å². The van der Waals surface area contributed by atoms with Gasteiger partial charge in [-0.25, -0.2) is 0 Å². The SMILES string of the molecule is CN=C(NCC1CCc2ccccc21)N1CCN(c2cnn(C)c2)C(=O)C1. The first-order valence-corrected chi connectivity index (χ1v) is 9.48. The van der Waals surface area contributed by atoms with Gasteiger partial charge in [0.1, 0.15) is 6.54 Å². The molecule has 2 aliphatic rings. The molecule has 0 spiro atoms. The summed E-state index contributed by atoms with van der Waals surface area (Å²) in [7, 11) is 3.64. The van der Waals surface area contributed by atoms with E-state index in [0.717, 1.165) is 37.6 Å². The summed E-state index contributed by atoms with van der Waals surface area (Å²) in [6, 6.07) is 8.68. The molecule has 1 atom stereocenters. The van der Waals surface area contributed by atoms with E-state index in [1.54, 1.807) is 22.8 Å². The van der Waals surface area contributed by atoms with Crippen molar-refractivity contribution in [2.75, 3.05) is 38.1 Å². The Morgan fingerprint density at radius 1 is 1.33 bits per heavy atom. The minimum absolute atomic E-state index is 0.0726. The second-order valence-electron chi connectivity index (χ2n) is 7.20. The molecule has 2 aromatic rings. The molecule has 27 heavy (non-hydrogen) atoms. The first kappa shape index (κ1) is 17.6. The third kappa shape index (κ3) is 3.54. The highest BCUT2D eigenvalue weighted by Gasteiger charge is 2.28. The van der Waals surface area contributed by atoms with E-state index < -0.39 is 0 Å². The number of hydrogen-bond acceptors (Lipinski definition) is 3. The van der Waals surface area contributed by atoms with Crippen LogP contribution in [0.1, 0.15) is 23.5 Å². The Morgan fingerprint density at radius 2 is 2.19 bits per heavy atom. The van der Waals surface area contributed by atoms with E-state index in [2.05, 4.69) is 39.7 Å². The highest BCUT2D eigenvalue weighted by Crippen LogP contribution is 2.32. The molecule has 1 N–H and O–H groups in total. The molecule has 0 bridgehead atoms. The molecule has 0 saturated carbocycles. The van der Waals surface area contributed by atoms with Crippen molar-refractivity contribution >= 4 is 17.6 Å². The number of aliphatic imine (C=N–C) groups is 1. The first-order chi connectivity index (χ1) is 13.2. The molecule has 1 aliphatic carbocycles. The number of amides is 1. The summed E-state index contributed by atoms with van der Waals surface area (Å²) in [6.07, 6.45) is 5.91. The lowest BCUT2D eigenvalue weighted by molar-refractivity contribution is -0.120. The van der Waals surface area contributed by atoms with E-state index in [0.29, 0.717) is 19.0 Å².